The Bertz CT molecular complexity index is 1090. The first kappa shape index (κ1) is 21.8. The second-order valence-corrected chi connectivity index (χ2v) is 11.2. The zero-order chi connectivity index (χ0) is 21.8. The standard InChI is InChI=1S/C23H26N2O4S2/c1-17-6-8-18(9-7-17)23(21-5-3-12-30-21)24-22(26)15-25(14-20-4-2-11-29-20)19-10-13-31(27,28)16-19/h2-9,11-12,19,23H,10,13-16H2,1H3,(H,24,26)/t19-,23-/m1/s1. The molecule has 0 aliphatic carbocycles. The Balaban J connectivity index is 1.51. The number of sulfone groups is 1. The van der Waals surface area contributed by atoms with Crippen LogP contribution in [0.1, 0.15) is 34.2 Å². The normalized spacial score (nSPS) is 18.8. The molecule has 4 rings (SSSR count). The molecule has 2 atom stereocenters. The highest BCUT2D eigenvalue weighted by atomic mass is 32.2. The molecule has 2 aromatic heterocycles. The van der Waals surface area contributed by atoms with Gasteiger partial charge >= 0.3 is 0 Å². The fourth-order valence-electron chi connectivity index (χ4n) is 3.90. The summed E-state index contributed by atoms with van der Waals surface area (Å²) in [7, 11) is -3.06. The number of amides is 1. The summed E-state index contributed by atoms with van der Waals surface area (Å²) in [5.41, 5.74) is 2.18. The summed E-state index contributed by atoms with van der Waals surface area (Å²) in [4.78, 5) is 16.1. The highest BCUT2D eigenvalue weighted by molar-refractivity contribution is 7.91. The van der Waals surface area contributed by atoms with Gasteiger partial charge in [-0.3, -0.25) is 9.69 Å². The third-order valence-corrected chi connectivity index (χ3v) is 8.24. The van der Waals surface area contributed by atoms with Gasteiger partial charge in [0.05, 0.1) is 36.9 Å². The molecule has 0 radical (unpaired) electrons. The molecule has 1 aliphatic rings. The number of hydrogen-bond donors (Lipinski definition) is 1. The van der Waals surface area contributed by atoms with Crippen LogP contribution < -0.4 is 5.32 Å². The van der Waals surface area contributed by atoms with Crippen LogP contribution in [0.3, 0.4) is 0 Å². The first-order chi connectivity index (χ1) is 14.9. The van der Waals surface area contributed by atoms with E-state index in [0.29, 0.717) is 18.7 Å². The fourth-order valence-corrected chi connectivity index (χ4v) is 6.47. The number of nitrogens with one attached hydrogen (secondary N) is 1. The van der Waals surface area contributed by atoms with E-state index in [0.717, 1.165) is 16.0 Å². The van der Waals surface area contributed by atoms with E-state index < -0.39 is 9.84 Å². The Kier molecular flexibility index (Phi) is 6.60. The fraction of sp³-hybridized carbons (Fsp3) is 0.348. The Morgan fingerprint density at radius 3 is 2.65 bits per heavy atom. The third-order valence-electron chi connectivity index (χ3n) is 5.55. The summed E-state index contributed by atoms with van der Waals surface area (Å²) in [6, 6.07) is 15.3. The van der Waals surface area contributed by atoms with E-state index in [4.69, 9.17) is 4.42 Å². The lowest BCUT2D eigenvalue weighted by Crippen LogP contribution is -2.44. The van der Waals surface area contributed by atoms with Gasteiger partial charge in [-0.2, -0.15) is 0 Å². The molecule has 0 saturated carbocycles. The van der Waals surface area contributed by atoms with E-state index in [1.54, 1.807) is 23.7 Å². The van der Waals surface area contributed by atoms with Crippen LogP contribution in [0, 0.1) is 6.92 Å². The smallest absolute Gasteiger partial charge is 0.234 e. The van der Waals surface area contributed by atoms with E-state index in [-0.39, 0.29) is 36.0 Å². The summed E-state index contributed by atoms with van der Waals surface area (Å²) in [6.07, 6.45) is 2.12. The number of thiophene rings is 1. The van der Waals surface area contributed by atoms with E-state index in [2.05, 4.69) is 5.32 Å². The maximum atomic E-state index is 13.1. The quantitative estimate of drug-likeness (QED) is 0.559. The number of carbonyl (C=O) groups excluding carboxylic acids is 1. The number of aryl methyl sites for hydroxylation is 1. The number of benzene rings is 1. The predicted molar refractivity (Wildman–Crippen MR) is 122 cm³/mol. The van der Waals surface area contributed by atoms with Gasteiger partial charge in [-0.25, -0.2) is 8.42 Å². The highest BCUT2D eigenvalue weighted by Gasteiger charge is 2.34. The van der Waals surface area contributed by atoms with Crippen molar-refractivity contribution in [3.63, 3.8) is 0 Å². The molecule has 3 heterocycles. The second-order valence-electron chi connectivity index (χ2n) is 7.97. The van der Waals surface area contributed by atoms with Gasteiger partial charge in [0.25, 0.3) is 0 Å². The SMILES string of the molecule is Cc1ccc([C@@H](NC(=O)CN(Cc2ccco2)[C@@H]2CCS(=O)(=O)C2)c2cccs2)cc1. The minimum atomic E-state index is -3.06. The Morgan fingerprint density at radius 1 is 1.23 bits per heavy atom. The molecule has 31 heavy (non-hydrogen) atoms. The number of nitrogens with zero attached hydrogens (tertiary/aromatic N) is 1. The van der Waals surface area contributed by atoms with Crippen LogP contribution in [0.4, 0.5) is 0 Å². The van der Waals surface area contributed by atoms with Crippen LogP contribution in [0.5, 0.6) is 0 Å². The van der Waals surface area contributed by atoms with Crippen molar-refractivity contribution in [1.82, 2.24) is 10.2 Å². The summed E-state index contributed by atoms with van der Waals surface area (Å²) in [5.74, 6) is 0.808. The van der Waals surface area contributed by atoms with Gasteiger partial charge in [-0.15, -0.1) is 11.3 Å². The van der Waals surface area contributed by atoms with Crippen LogP contribution in [-0.4, -0.2) is 43.3 Å². The zero-order valence-electron chi connectivity index (χ0n) is 17.4. The third kappa shape index (κ3) is 5.64. The molecule has 1 aliphatic heterocycles. The summed E-state index contributed by atoms with van der Waals surface area (Å²) < 4.78 is 29.5. The number of furan rings is 1. The minimum Gasteiger partial charge on any atom is -0.468 e. The van der Waals surface area contributed by atoms with Gasteiger partial charge in [0.15, 0.2) is 9.84 Å². The molecular formula is C23H26N2O4S2. The van der Waals surface area contributed by atoms with Gasteiger partial charge < -0.3 is 9.73 Å². The first-order valence-electron chi connectivity index (χ1n) is 10.3. The molecule has 164 valence electrons. The van der Waals surface area contributed by atoms with Crippen LogP contribution in [0.25, 0.3) is 0 Å². The average Bonchev–Trinajstić information content (AvgIpc) is 3.49. The van der Waals surface area contributed by atoms with Crippen molar-refractivity contribution in [2.75, 3.05) is 18.1 Å². The van der Waals surface area contributed by atoms with Gasteiger partial charge in [0, 0.05) is 10.9 Å². The van der Waals surface area contributed by atoms with E-state index in [9.17, 15) is 13.2 Å². The van der Waals surface area contributed by atoms with Gasteiger partial charge in [0.1, 0.15) is 5.76 Å². The molecule has 8 heteroatoms. The lowest BCUT2D eigenvalue weighted by molar-refractivity contribution is -0.123. The van der Waals surface area contributed by atoms with E-state index in [1.165, 1.54) is 0 Å². The molecule has 1 aromatic carbocycles. The molecule has 1 saturated heterocycles. The van der Waals surface area contributed by atoms with Crippen molar-refractivity contribution in [2.45, 2.75) is 32.0 Å². The van der Waals surface area contributed by atoms with Crippen molar-refractivity contribution in [3.8, 4) is 0 Å². The lowest BCUT2D eigenvalue weighted by atomic mass is 10.0. The van der Waals surface area contributed by atoms with Gasteiger partial charge in [-0.05, 0) is 42.5 Å². The topological polar surface area (TPSA) is 79.6 Å². The Hall–Kier alpha value is -2.42. The van der Waals surface area contributed by atoms with E-state index >= 15 is 0 Å². The van der Waals surface area contributed by atoms with Crippen LogP contribution in [-0.2, 0) is 21.2 Å². The lowest BCUT2D eigenvalue weighted by Gasteiger charge is -2.27. The van der Waals surface area contributed by atoms with Crippen molar-refractivity contribution in [1.29, 1.82) is 0 Å². The number of carbonyl (C=O) groups is 1. The predicted octanol–water partition coefficient (Wildman–Crippen LogP) is 3.54. The summed E-state index contributed by atoms with van der Waals surface area (Å²) in [5, 5.41) is 5.15. The number of hydrogen-bond acceptors (Lipinski definition) is 6. The molecule has 6 nitrogen and oxygen atoms in total. The molecule has 0 bridgehead atoms. The van der Waals surface area contributed by atoms with Crippen LogP contribution in [0.15, 0.2) is 64.6 Å². The summed E-state index contributed by atoms with van der Waals surface area (Å²) >= 11 is 1.60. The Labute approximate surface area is 186 Å². The first-order valence-corrected chi connectivity index (χ1v) is 13.0. The molecular weight excluding hydrogens is 432 g/mol. The minimum absolute atomic E-state index is 0.0767. The van der Waals surface area contributed by atoms with Gasteiger partial charge in [-0.1, -0.05) is 35.9 Å². The zero-order valence-corrected chi connectivity index (χ0v) is 19.0. The maximum Gasteiger partial charge on any atom is 0.234 e. The van der Waals surface area contributed by atoms with Crippen molar-refractivity contribution in [2.24, 2.45) is 0 Å². The van der Waals surface area contributed by atoms with Crippen molar-refractivity contribution >= 4 is 27.1 Å². The van der Waals surface area contributed by atoms with Crippen molar-refractivity contribution in [3.05, 3.63) is 81.9 Å². The molecule has 1 N–H and O–H groups in total. The van der Waals surface area contributed by atoms with Crippen LogP contribution in [0.2, 0.25) is 0 Å². The molecule has 3 aromatic rings. The largest absolute Gasteiger partial charge is 0.468 e. The average molecular weight is 459 g/mol. The highest BCUT2D eigenvalue weighted by Crippen LogP contribution is 2.27. The summed E-state index contributed by atoms with van der Waals surface area (Å²) in [6.45, 7) is 2.54. The Morgan fingerprint density at radius 2 is 2.03 bits per heavy atom. The van der Waals surface area contributed by atoms with E-state index in [1.807, 2.05) is 59.7 Å². The maximum absolute atomic E-state index is 13.1. The second kappa shape index (κ2) is 9.38. The van der Waals surface area contributed by atoms with Crippen molar-refractivity contribution < 1.29 is 17.6 Å². The molecule has 1 fully saturated rings. The monoisotopic (exact) mass is 458 g/mol. The molecule has 0 spiro atoms. The van der Waals surface area contributed by atoms with Crippen LogP contribution >= 0.6 is 11.3 Å². The van der Waals surface area contributed by atoms with Gasteiger partial charge in [0.2, 0.25) is 5.91 Å². The molecule has 1 amide bonds. The number of rotatable bonds is 8. The molecule has 0 unspecified atom stereocenters.